The first-order chi connectivity index (χ1) is 7.19. The van der Waals surface area contributed by atoms with Gasteiger partial charge in [0.25, 0.3) is 0 Å². The highest BCUT2D eigenvalue weighted by atomic mass is 35.5. The van der Waals surface area contributed by atoms with Crippen molar-refractivity contribution < 1.29 is 9.90 Å². The Hall–Kier alpha value is -0.770. The number of carbonyl (C=O) groups excluding carboxylic acids is 1. The number of benzene rings is 1. The van der Waals surface area contributed by atoms with Gasteiger partial charge in [-0.3, -0.25) is 4.79 Å². The van der Waals surface area contributed by atoms with Crippen molar-refractivity contribution in [2.45, 2.75) is 6.04 Å². The second-order valence-electron chi connectivity index (χ2n) is 2.96. The van der Waals surface area contributed by atoms with E-state index in [0.717, 1.165) is 0 Å². The molecule has 1 aromatic carbocycles. The number of hydrogen-bond acceptors (Lipinski definition) is 2. The molecular weight excluding hydrogens is 237 g/mol. The van der Waals surface area contributed by atoms with Crippen molar-refractivity contribution >= 4 is 29.1 Å². The molecule has 0 fully saturated rings. The molecule has 0 unspecified atom stereocenters. The van der Waals surface area contributed by atoms with Crippen molar-refractivity contribution in [2.75, 3.05) is 12.5 Å². The first-order valence-electron chi connectivity index (χ1n) is 4.39. The maximum atomic E-state index is 11.1. The van der Waals surface area contributed by atoms with Gasteiger partial charge in [0.05, 0.1) is 12.6 Å². The second kappa shape index (κ2) is 5.95. The molecule has 0 saturated heterocycles. The molecule has 0 aromatic heterocycles. The van der Waals surface area contributed by atoms with Crippen LogP contribution in [-0.2, 0) is 4.79 Å². The fourth-order valence-corrected chi connectivity index (χ4v) is 1.56. The number of aliphatic hydroxyl groups is 1. The number of rotatable bonds is 4. The molecule has 2 N–H and O–H groups in total. The van der Waals surface area contributed by atoms with Crippen molar-refractivity contribution in [3.05, 3.63) is 34.9 Å². The summed E-state index contributed by atoms with van der Waals surface area (Å²) in [4.78, 5) is 11.1. The van der Waals surface area contributed by atoms with E-state index in [1.807, 2.05) is 0 Å². The Kier molecular flexibility index (Phi) is 4.88. The Balaban J connectivity index is 2.83. The lowest BCUT2D eigenvalue weighted by Gasteiger charge is -2.17. The van der Waals surface area contributed by atoms with Crippen LogP contribution in [0.25, 0.3) is 0 Å². The van der Waals surface area contributed by atoms with Crippen LogP contribution in [-0.4, -0.2) is 23.5 Å². The van der Waals surface area contributed by atoms with Gasteiger partial charge in [-0.2, -0.15) is 0 Å². The SMILES string of the molecule is O=C(CCl)N[C@H](CO)c1ccccc1Cl. The van der Waals surface area contributed by atoms with Crippen molar-refractivity contribution in [1.29, 1.82) is 0 Å². The molecule has 1 aromatic rings. The van der Waals surface area contributed by atoms with E-state index in [-0.39, 0.29) is 18.4 Å². The van der Waals surface area contributed by atoms with Gasteiger partial charge in [0.15, 0.2) is 0 Å². The second-order valence-corrected chi connectivity index (χ2v) is 3.63. The predicted molar refractivity (Wildman–Crippen MR) is 60.1 cm³/mol. The highest BCUT2D eigenvalue weighted by molar-refractivity contribution is 6.31. The van der Waals surface area contributed by atoms with Crippen LogP contribution >= 0.6 is 23.2 Å². The third kappa shape index (κ3) is 3.38. The average Bonchev–Trinajstić information content (AvgIpc) is 2.26. The smallest absolute Gasteiger partial charge is 0.235 e. The third-order valence-corrected chi connectivity index (χ3v) is 2.51. The van der Waals surface area contributed by atoms with Crippen LogP contribution in [0.5, 0.6) is 0 Å². The lowest BCUT2D eigenvalue weighted by molar-refractivity contribution is -0.119. The number of hydrogen-bond donors (Lipinski definition) is 2. The molecule has 1 rings (SSSR count). The molecule has 15 heavy (non-hydrogen) atoms. The van der Waals surface area contributed by atoms with E-state index in [4.69, 9.17) is 28.3 Å². The molecule has 0 heterocycles. The van der Waals surface area contributed by atoms with Gasteiger partial charge in [-0.25, -0.2) is 0 Å². The molecule has 0 saturated carbocycles. The molecule has 0 aliphatic carbocycles. The highest BCUT2D eigenvalue weighted by Crippen LogP contribution is 2.22. The summed E-state index contributed by atoms with van der Waals surface area (Å²) < 4.78 is 0. The average molecular weight is 248 g/mol. The number of amides is 1. The van der Waals surface area contributed by atoms with E-state index >= 15 is 0 Å². The number of alkyl halides is 1. The van der Waals surface area contributed by atoms with Crippen molar-refractivity contribution in [3.63, 3.8) is 0 Å². The number of aliphatic hydroxyl groups excluding tert-OH is 1. The van der Waals surface area contributed by atoms with Gasteiger partial charge in [0.1, 0.15) is 5.88 Å². The number of nitrogens with one attached hydrogen (secondary N) is 1. The van der Waals surface area contributed by atoms with Crippen LogP contribution in [0.4, 0.5) is 0 Å². The number of halogens is 2. The van der Waals surface area contributed by atoms with Crippen LogP contribution in [0, 0.1) is 0 Å². The van der Waals surface area contributed by atoms with E-state index in [0.29, 0.717) is 10.6 Å². The van der Waals surface area contributed by atoms with Crippen LogP contribution in [0.15, 0.2) is 24.3 Å². The Labute approximate surface area is 98.0 Å². The van der Waals surface area contributed by atoms with Crippen LogP contribution < -0.4 is 5.32 Å². The minimum absolute atomic E-state index is 0.138. The van der Waals surface area contributed by atoms with Crippen molar-refractivity contribution in [1.82, 2.24) is 5.32 Å². The molecule has 1 atom stereocenters. The summed E-state index contributed by atoms with van der Waals surface area (Å²) in [6.07, 6.45) is 0. The number of carbonyl (C=O) groups is 1. The van der Waals surface area contributed by atoms with E-state index in [1.54, 1.807) is 24.3 Å². The monoisotopic (exact) mass is 247 g/mol. The Morgan fingerprint density at radius 3 is 2.67 bits per heavy atom. The van der Waals surface area contributed by atoms with Gasteiger partial charge in [-0.15, -0.1) is 11.6 Å². The third-order valence-electron chi connectivity index (χ3n) is 1.92. The molecule has 0 radical (unpaired) electrons. The van der Waals surface area contributed by atoms with E-state index < -0.39 is 6.04 Å². The van der Waals surface area contributed by atoms with E-state index in [2.05, 4.69) is 5.32 Å². The van der Waals surface area contributed by atoms with Crippen LogP contribution in [0.3, 0.4) is 0 Å². The van der Waals surface area contributed by atoms with Gasteiger partial charge in [0, 0.05) is 5.02 Å². The van der Waals surface area contributed by atoms with Gasteiger partial charge in [-0.05, 0) is 11.6 Å². The summed E-state index contributed by atoms with van der Waals surface area (Å²) in [6.45, 7) is -0.216. The van der Waals surface area contributed by atoms with Gasteiger partial charge in [-0.1, -0.05) is 29.8 Å². The molecule has 5 heteroatoms. The first kappa shape index (κ1) is 12.3. The molecular formula is C10H11Cl2NO2. The quantitative estimate of drug-likeness (QED) is 0.797. The zero-order valence-electron chi connectivity index (χ0n) is 7.91. The Morgan fingerprint density at radius 2 is 2.13 bits per heavy atom. The van der Waals surface area contributed by atoms with Crippen molar-refractivity contribution in [2.24, 2.45) is 0 Å². The molecule has 82 valence electrons. The van der Waals surface area contributed by atoms with Gasteiger partial charge in [0.2, 0.25) is 5.91 Å². The zero-order chi connectivity index (χ0) is 11.3. The molecule has 0 aliphatic rings. The standard InChI is InChI=1S/C10H11Cl2NO2/c11-5-10(15)13-9(6-14)7-3-1-2-4-8(7)12/h1-4,9,14H,5-6H2,(H,13,15)/t9-/m1/s1. The minimum Gasteiger partial charge on any atom is -0.394 e. The largest absolute Gasteiger partial charge is 0.394 e. The Bertz CT molecular complexity index is 344. The van der Waals surface area contributed by atoms with Gasteiger partial charge >= 0.3 is 0 Å². The van der Waals surface area contributed by atoms with Crippen molar-refractivity contribution in [3.8, 4) is 0 Å². The highest BCUT2D eigenvalue weighted by Gasteiger charge is 2.15. The summed E-state index contributed by atoms with van der Waals surface area (Å²) >= 11 is 11.3. The predicted octanol–water partition coefficient (Wildman–Crippen LogP) is 1.73. The molecule has 0 aliphatic heterocycles. The summed E-state index contributed by atoms with van der Waals surface area (Å²) in [7, 11) is 0. The fraction of sp³-hybridized carbons (Fsp3) is 0.300. The maximum absolute atomic E-state index is 11.1. The molecule has 3 nitrogen and oxygen atoms in total. The van der Waals surface area contributed by atoms with E-state index in [1.165, 1.54) is 0 Å². The van der Waals surface area contributed by atoms with Gasteiger partial charge < -0.3 is 10.4 Å². The zero-order valence-corrected chi connectivity index (χ0v) is 9.42. The first-order valence-corrected chi connectivity index (χ1v) is 5.31. The normalized spacial score (nSPS) is 12.2. The fourth-order valence-electron chi connectivity index (χ4n) is 1.21. The minimum atomic E-state index is -0.509. The van der Waals surface area contributed by atoms with Crippen LogP contribution in [0.1, 0.15) is 11.6 Å². The molecule has 0 spiro atoms. The summed E-state index contributed by atoms with van der Waals surface area (Å²) in [5.74, 6) is -0.475. The maximum Gasteiger partial charge on any atom is 0.235 e. The van der Waals surface area contributed by atoms with E-state index in [9.17, 15) is 4.79 Å². The topological polar surface area (TPSA) is 49.3 Å². The summed E-state index contributed by atoms with van der Waals surface area (Å²) in [5, 5.41) is 12.2. The summed E-state index contributed by atoms with van der Waals surface area (Å²) in [6, 6.07) is 6.51. The Morgan fingerprint density at radius 1 is 1.47 bits per heavy atom. The lowest BCUT2D eigenvalue weighted by atomic mass is 10.1. The molecule has 1 amide bonds. The lowest BCUT2D eigenvalue weighted by Crippen LogP contribution is -2.31. The summed E-state index contributed by atoms with van der Waals surface area (Å²) in [5.41, 5.74) is 0.681. The van der Waals surface area contributed by atoms with Crippen LogP contribution in [0.2, 0.25) is 5.02 Å². The molecule has 0 bridgehead atoms.